The summed E-state index contributed by atoms with van der Waals surface area (Å²) in [7, 11) is 1.87. The highest BCUT2D eigenvalue weighted by atomic mass is 32.1. The zero-order valence-corrected chi connectivity index (χ0v) is 14.3. The molecule has 0 radical (unpaired) electrons. The molecule has 2 atom stereocenters. The Kier molecular flexibility index (Phi) is 4.84. The number of hydrogen-bond donors (Lipinski definition) is 2. The molecular formula is C16H21N5O2S. The van der Waals surface area contributed by atoms with Crippen LogP contribution in [-0.2, 0) is 11.8 Å². The number of carbonyl (C=O) groups excluding carboxylic acids is 2. The van der Waals surface area contributed by atoms with Crippen molar-refractivity contribution in [2.24, 2.45) is 12.8 Å². The first-order valence-electron chi connectivity index (χ1n) is 7.92. The molecule has 0 bridgehead atoms. The largest absolute Gasteiger partial charge is 0.352 e. The average Bonchev–Trinajstić information content (AvgIpc) is 3.27. The molecular weight excluding hydrogens is 326 g/mol. The molecule has 0 spiro atoms. The summed E-state index contributed by atoms with van der Waals surface area (Å²) < 4.78 is 1.75. The van der Waals surface area contributed by atoms with Gasteiger partial charge in [0.2, 0.25) is 5.91 Å². The Morgan fingerprint density at radius 3 is 3.00 bits per heavy atom. The van der Waals surface area contributed by atoms with Crippen molar-refractivity contribution < 1.29 is 9.59 Å². The Morgan fingerprint density at radius 1 is 1.54 bits per heavy atom. The first-order chi connectivity index (χ1) is 11.5. The molecule has 3 N–H and O–H groups in total. The molecule has 0 aromatic carbocycles. The number of rotatable bonds is 5. The van der Waals surface area contributed by atoms with E-state index < -0.39 is 6.03 Å². The van der Waals surface area contributed by atoms with E-state index >= 15 is 0 Å². The fraction of sp³-hybridized carbons (Fsp3) is 0.438. The van der Waals surface area contributed by atoms with Crippen LogP contribution in [0.4, 0.5) is 4.79 Å². The number of urea groups is 1. The lowest BCUT2D eigenvalue weighted by Crippen LogP contribution is -2.38. The molecule has 24 heavy (non-hydrogen) atoms. The lowest BCUT2D eigenvalue weighted by Gasteiger charge is -2.26. The van der Waals surface area contributed by atoms with Gasteiger partial charge in [-0.2, -0.15) is 5.10 Å². The minimum absolute atomic E-state index is 0.0218. The maximum Gasteiger partial charge on any atom is 0.312 e. The highest BCUT2D eigenvalue weighted by Crippen LogP contribution is 2.33. The second-order valence-electron chi connectivity index (χ2n) is 5.97. The van der Waals surface area contributed by atoms with Crippen LogP contribution in [0.5, 0.6) is 0 Å². The van der Waals surface area contributed by atoms with Gasteiger partial charge in [-0.1, -0.05) is 6.07 Å². The summed E-state index contributed by atoms with van der Waals surface area (Å²) in [6.45, 7) is 0.728. The number of nitrogens with zero attached hydrogens (tertiary/aromatic N) is 3. The van der Waals surface area contributed by atoms with Gasteiger partial charge < -0.3 is 16.0 Å². The Morgan fingerprint density at radius 2 is 2.38 bits per heavy atom. The quantitative estimate of drug-likeness (QED) is 0.865. The number of likely N-dealkylation sites (tertiary alicyclic amines) is 1. The third-order valence-electron chi connectivity index (χ3n) is 4.26. The Hall–Kier alpha value is -2.35. The van der Waals surface area contributed by atoms with Crippen LogP contribution in [-0.4, -0.2) is 33.2 Å². The molecule has 7 nitrogen and oxygen atoms in total. The Labute approximate surface area is 144 Å². The number of aryl methyl sites for hydroxylation is 1. The van der Waals surface area contributed by atoms with Crippen molar-refractivity contribution in [2.45, 2.75) is 31.3 Å². The van der Waals surface area contributed by atoms with Crippen LogP contribution in [0.15, 0.2) is 29.9 Å². The van der Waals surface area contributed by atoms with E-state index in [-0.39, 0.29) is 24.4 Å². The number of nitrogens with one attached hydrogen (secondary N) is 1. The smallest absolute Gasteiger partial charge is 0.312 e. The topological polar surface area (TPSA) is 93.3 Å². The van der Waals surface area contributed by atoms with Gasteiger partial charge in [-0.3, -0.25) is 9.48 Å². The van der Waals surface area contributed by atoms with Crippen molar-refractivity contribution in [3.8, 4) is 0 Å². The van der Waals surface area contributed by atoms with Gasteiger partial charge in [0.15, 0.2) is 0 Å². The SMILES string of the molecule is Cn1cc([C@H]2CCCN2C(=O)C[C@H](NC(N)=O)c2cccs2)cn1. The van der Waals surface area contributed by atoms with Crippen LogP contribution < -0.4 is 11.1 Å². The summed E-state index contributed by atoms with van der Waals surface area (Å²) in [6, 6.07) is 2.86. The van der Waals surface area contributed by atoms with Gasteiger partial charge in [0, 0.05) is 30.2 Å². The van der Waals surface area contributed by atoms with E-state index in [1.807, 2.05) is 41.9 Å². The van der Waals surface area contributed by atoms with Gasteiger partial charge in [-0.15, -0.1) is 11.3 Å². The predicted octanol–water partition coefficient (Wildman–Crippen LogP) is 1.94. The van der Waals surface area contributed by atoms with Crippen molar-refractivity contribution in [3.63, 3.8) is 0 Å². The molecule has 2 aromatic heterocycles. The molecule has 8 heteroatoms. The molecule has 1 aliphatic heterocycles. The second-order valence-corrected chi connectivity index (χ2v) is 6.95. The van der Waals surface area contributed by atoms with Crippen molar-refractivity contribution in [2.75, 3.05) is 6.54 Å². The predicted molar refractivity (Wildman–Crippen MR) is 91.3 cm³/mol. The monoisotopic (exact) mass is 347 g/mol. The summed E-state index contributed by atoms with van der Waals surface area (Å²) in [5.74, 6) is 0.0218. The summed E-state index contributed by atoms with van der Waals surface area (Å²) in [5.41, 5.74) is 6.32. The molecule has 1 fully saturated rings. The van der Waals surface area contributed by atoms with E-state index in [1.54, 1.807) is 4.68 Å². The number of carbonyl (C=O) groups is 2. The minimum Gasteiger partial charge on any atom is -0.352 e. The van der Waals surface area contributed by atoms with E-state index in [9.17, 15) is 9.59 Å². The second kappa shape index (κ2) is 7.04. The molecule has 1 aliphatic rings. The van der Waals surface area contributed by atoms with Crippen LogP contribution in [0.2, 0.25) is 0 Å². The average molecular weight is 347 g/mol. The summed E-state index contributed by atoms with van der Waals surface area (Å²) >= 11 is 1.50. The maximum atomic E-state index is 12.8. The van der Waals surface area contributed by atoms with Crippen molar-refractivity contribution in [3.05, 3.63) is 40.3 Å². The Balaban J connectivity index is 1.73. The van der Waals surface area contributed by atoms with Crippen LogP contribution >= 0.6 is 11.3 Å². The minimum atomic E-state index is -0.619. The Bertz CT molecular complexity index is 712. The number of primary amides is 1. The van der Waals surface area contributed by atoms with Gasteiger partial charge in [0.1, 0.15) is 0 Å². The lowest BCUT2D eigenvalue weighted by atomic mass is 10.1. The zero-order valence-electron chi connectivity index (χ0n) is 13.5. The van der Waals surface area contributed by atoms with Crippen LogP contribution in [0, 0.1) is 0 Å². The third kappa shape index (κ3) is 3.59. The molecule has 0 unspecified atom stereocenters. The number of nitrogens with two attached hydrogens (primary N) is 1. The van der Waals surface area contributed by atoms with Gasteiger partial charge in [-0.05, 0) is 24.3 Å². The molecule has 3 rings (SSSR count). The molecule has 3 amide bonds. The van der Waals surface area contributed by atoms with Crippen LogP contribution in [0.3, 0.4) is 0 Å². The highest BCUT2D eigenvalue weighted by molar-refractivity contribution is 7.10. The number of hydrogen-bond acceptors (Lipinski definition) is 4. The fourth-order valence-corrected chi connectivity index (χ4v) is 3.98. The third-order valence-corrected chi connectivity index (χ3v) is 5.25. The molecule has 0 saturated carbocycles. The fourth-order valence-electron chi connectivity index (χ4n) is 3.20. The van der Waals surface area contributed by atoms with E-state index in [0.717, 1.165) is 29.8 Å². The van der Waals surface area contributed by atoms with E-state index in [2.05, 4.69) is 10.4 Å². The highest BCUT2D eigenvalue weighted by Gasteiger charge is 2.32. The normalized spacial score (nSPS) is 18.5. The number of amides is 3. The maximum absolute atomic E-state index is 12.8. The van der Waals surface area contributed by atoms with Gasteiger partial charge in [-0.25, -0.2) is 4.79 Å². The summed E-state index contributed by atoms with van der Waals surface area (Å²) in [4.78, 5) is 26.9. The molecule has 1 saturated heterocycles. The molecule has 2 aromatic rings. The molecule has 0 aliphatic carbocycles. The van der Waals surface area contributed by atoms with Gasteiger partial charge >= 0.3 is 6.03 Å². The number of thiophene rings is 1. The summed E-state index contributed by atoms with van der Waals surface area (Å²) in [5, 5.41) is 8.80. The summed E-state index contributed by atoms with van der Waals surface area (Å²) in [6.07, 6.45) is 5.88. The first kappa shape index (κ1) is 16.5. The standard InChI is InChI=1S/C16H21N5O2S/c1-20-10-11(9-18-20)13-4-2-6-21(13)15(22)8-12(19-16(17)23)14-5-3-7-24-14/h3,5,7,9-10,12-13H,2,4,6,8H2,1H3,(H3,17,19,23)/t12-,13+/m0/s1. The molecule has 3 heterocycles. The number of aromatic nitrogens is 2. The van der Waals surface area contributed by atoms with Crippen molar-refractivity contribution >= 4 is 23.3 Å². The van der Waals surface area contributed by atoms with Crippen molar-refractivity contribution in [1.82, 2.24) is 20.0 Å². The van der Waals surface area contributed by atoms with Gasteiger partial charge in [0.05, 0.1) is 24.7 Å². The van der Waals surface area contributed by atoms with Crippen LogP contribution in [0.1, 0.15) is 41.8 Å². The van der Waals surface area contributed by atoms with E-state index in [0.29, 0.717) is 0 Å². The van der Waals surface area contributed by atoms with E-state index in [1.165, 1.54) is 11.3 Å². The van der Waals surface area contributed by atoms with Crippen LogP contribution in [0.25, 0.3) is 0 Å². The van der Waals surface area contributed by atoms with Gasteiger partial charge in [0.25, 0.3) is 0 Å². The lowest BCUT2D eigenvalue weighted by molar-refractivity contribution is -0.132. The van der Waals surface area contributed by atoms with Crippen molar-refractivity contribution in [1.29, 1.82) is 0 Å². The first-order valence-corrected chi connectivity index (χ1v) is 8.80. The van der Waals surface area contributed by atoms with E-state index in [4.69, 9.17) is 5.73 Å². The zero-order chi connectivity index (χ0) is 17.1. The molecule has 128 valence electrons.